The molecule has 0 fully saturated rings. The van der Waals surface area contributed by atoms with Crippen LogP contribution in [-0.4, -0.2) is 11.1 Å². The van der Waals surface area contributed by atoms with Gasteiger partial charge in [-0.15, -0.1) is 0 Å². The number of carboxylic acids is 1. The molecule has 0 spiro atoms. The molecular weight excluding hydrogens is 166 g/mol. The van der Waals surface area contributed by atoms with Crippen molar-refractivity contribution in [2.24, 2.45) is 17.3 Å². The first-order valence-corrected chi connectivity index (χ1v) is 4.51. The van der Waals surface area contributed by atoms with Gasteiger partial charge in [0, 0.05) is 0 Å². The molecular formula is C10H17NO2. The highest BCUT2D eigenvalue weighted by Gasteiger charge is 2.42. The van der Waals surface area contributed by atoms with Gasteiger partial charge in [-0.2, -0.15) is 5.26 Å². The van der Waals surface area contributed by atoms with Crippen LogP contribution < -0.4 is 0 Å². The SMILES string of the molecule is CC(C)CC(C#N)(C(=O)O)C(C)C. The third-order valence-electron chi connectivity index (χ3n) is 2.30. The van der Waals surface area contributed by atoms with E-state index in [0.29, 0.717) is 6.42 Å². The average molecular weight is 183 g/mol. The first kappa shape index (κ1) is 12.0. The molecule has 0 amide bonds. The van der Waals surface area contributed by atoms with Crippen molar-refractivity contribution in [3.8, 4) is 6.07 Å². The highest BCUT2D eigenvalue weighted by Crippen LogP contribution is 2.34. The Kier molecular flexibility index (Phi) is 3.93. The quantitative estimate of drug-likeness (QED) is 0.727. The summed E-state index contributed by atoms with van der Waals surface area (Å²) in [5.74, 6) is -0.936. The minimum Gasteiger partial charge on any atom is -0.480 e. The Hall–Kier alpha value is -1.04. The van der Waals surface area contributed by atoms with E-state index in [0.717, 1.165) is 0 Å². The normalized spacial score (nSPS) is 15.5. The molecule has 1 unspecified atom stereocenters. The van der Waals surface area contributed by atoms with E-state index in [1.54, 1.807) is 13.8 Å². The van der Waals surface area contributed by atoms with E-state index >= 15 is 0 Å². The van der Waals surface area contributed by atoms with E-state index < -0.39 is 11.4 Å². The van der Waals surface area contributed by atoms with Crippen LogP contribution in [0.2, 0.25) is 0 Å². The molecule has 0 bridgehead atoms. The Balaban J connectivity index is 4.91. The monoisotopic (exact) mass is 183 g/mol. The fraction of sp³-hybridized carbons (Fsp3) is 0.800. The fourth-order valence-corrected chi connectivity index (χ4v) is 1.44. The summed E-state index contributed by atoms with van der Waals surface area (Å²) in [5, 5.41) is 18.0. The fourth-order valence-electron chi connectivity index (χ4n) is 1.44. The number of rotatable bonds is 4. The van der Waals surface area contributed by atoms with Gasteiger partial charge in [-0.1, -0.05) is 27.7 Å². The summed E-state index contributed by atoms with van der Waals surface area (Å²) < 4.78 is 0. The van der Waals surface area contributed by atoms with Gasteiger partial charge in [0.1, 0.15) is 0 Å². The molecule has 0 radical (unpaired) electrons. The molecule has 0 aliphatic carbocycles. The molecule has 0 heterocycles. The molecule has 0 aromatic rings. The van der Waals surface area contributed by atoms with Crippen LogP contribution in [-0.2, 0) is 4.79 Å². The largest absolute Gasteiger partial charge is 0.480 e. The Morgan fingerprint density at radius 1 is 1.46 bits per heavy atom. The summed E-state index contributed by atoms with van der Waals surface area (Å²) in [4.78, 5) is 11.0. The van der Waals surface area contributed by atoms with Crippen LogP contribution in [0, 0.1) is 28.6 Å². The van der Waals surface area contributed by atoms with E-state index in [4.69, 9.17) is 10.4 Å². The molecule has 0 rings (SSSR count). The minimum absolute atomic E-state index is 0.155. The Bertz CT molecular complexity index is 228. The van der Waals surface area contributed by atoms with Crippen molar-refractivity contribution in [2.75, 3.05) is 0 Å². The molecule has 3 heteroatoms. The summed E-state index contributed by atoms with van der Waals surface area (Å²) in [5.41, 5.74) is -1.21. The van der Waals surface area contributed by atoms with Crippen molar-refractivity contribution < 1.29 is 9.90 Å². The molecule has 0 aliphatic heterocycles. The van der Waals surface area contributed by atoms with Crippen molar-refractivity contribution in [3.63, 3.8) is 0 Å². The van der Waals surface area contributed by atoms with Gasteiger partial charge in [0.15, 0.2) is 5.41 Å². The third kappa shape index (κ3) is 2.45. The minimum atomic E-state index is -1.21. The summed E-state index contributed by atoms with van der Waals surface area (Å²) in [7, 11) is 0. The zero-order chi connectivity index (χ0) is 10.6. The number of hydrogen-bond donors (Lipinski definition) is 1. The maximum absolute atomic E-state index is 11.0. The van der Waals surface area contributed by atoms with Crippen LogP contribution in [0.3, 0.4) is 0 Å². The Labute approximate surface area is 79.4 Å². The lowest BCUT2D eigenvalue weighted by Crippen LogP contribution is -2.36. The standard InChI is InChI=1S/C10H17NO2/c1-7(2)5-10(6-11,8(3)4)9(12)13/h7-8H,5H2,1-4H3,(H,12,13). The number of nitriles is 1. The lowest BCUT2D eigenvalue weighted by atomic mass is 9.73. The smallest absolute Gasteiger partial charge is 0.324 e. The number of carboxylic acid groups (broad SMARTS) is 1. The third-order valence-corrected chi connectivity index (χ3v) is 2.30. The highest BCUT2D eigenvalue weighted by atomic mass is 16.4. The Morgan fingerprint density at radius 3 is 2.00 bits per heavy atom. The summed E-state index contributed by atoms with van der Waals surface area (Å²) in [6.07, 6.45) is 0.413. The van der Waals surface area contributed by atoms with E-state index in [9.17, 15) is 4.79 Å². The van der Waals surface area contributed by atoms with Gasteiger partial charge < -0.3 is 5.11 Å². The van der Waals surface area contributed by atoms with Crippen LogP contribution in [0.15, 0.2) is 0 Å². The lowest BCUT2D eigenvalue weighted by molar-refractivity contribution is -0.148. The second kappa shape index (κ2) is 4.27. The van der Waals surface area contributed by atoms with Crippen molar-refractivity contribution in [3.05, 3.63) is 0 Å². The number of hydrogen-bond acceptors (Lipinski definition) is 2. The molecule has 1 N–H and O–H groups in total. The van der Waals surface area contributed by atoms with E-state index in [2.05, 4.69) is 0 Å². The first-order chi connectivity index (χ1) is 5.86. The summed E-state index contributed by atoms with van der Waals surface area (Å²) >= 11 is 0. The topological polar surface area (TPSA) is 61.1 Å². The van der Waals surface area contributed by atoms with Gasteiger partial charge in [0.05, 0.1) is 6.07 Å². The van der Waals surface area contributed by atoms with Crippen molar-refractivity contribution >= 4 is 5.97 Å². The lowest BCUT2D eigenvalue weighted by Gasteiger charge is -2.27. The number of nitrogens with zero attached hydrogens (tertiary/aromatic N) is 1. The second-order valence-electron chi connectivity index (χ2n) is 4.14. The molecule has 13 heavy (non-hydrogen) atoms. The van der Waals surface area contributed by atoms with Crippen LogP contribution in [0.4, 0.5) is 0 Å². The van der Waals surface area contributed by atoms with Crippen LogP contribution in [0.5, 0.6) is 0 Å². The van der Waals surface area contributed by atoms with Crippen LogP contribution in [0.25, 0.3) is 0 Å². The maximum Gasteiger partial charge on any atom is 0.324 e. The van der Waals surface area contributed by atoms with Crippen molar-refractivity contribution in [2.45, 2.75) is 34.1 Å². The van der Waals surface area contributed by atoms with Gasteiger partial charge in [0.25, 0.3) is 0 Å². The summed E-state index contributed by atoms with van der Waals surface area (Å²) in [6, 6.07) is 1.95. The maximum atomic E-state index is 11.0. The molecule has 0 aromatic carbocycles. The Morgan fingerprint density at radius 2 is 1.92 bits per heavy atom. The molecule has 0 saturated carbocycles. The molecule has 0 aromatic heterocycles. The zero-order valence-electron chi connectivity index (χ0n) is 8.66. The number of aliphatic carboxylic acids is 1. The second-order valence-corrected chi connectivity index (χ2v) is 4.14. The van der Waals surface area contributed by atoms with Gasteiger partial charge in [0.2, 0.25) is 0 Å². The predicted molar refractivity (Wildman–Crippen MR) is 50.0 cm³/mol. The molecule has 0 aliphatic rings. The summed E-state index contributed by atoms with van der Waals surface area (Å²) in [6.45, 7) is 7.41. The first-order valence-electron chi connectivity index (χ1n) is 4.51. The number of carbonyl (C=O) groups is 1. The van der Waals surface area contributed by atoms with E-state index in [1.165, 1.54) is 0 Å². The van der Waals surface area contributed by atoms with Gasteiger partial charge in [-0.25, -0.2) is 0 Å². The average Bonchev–Trinajstić information content (AvgIpc) is 1.98. The van der Waals surface area contributed by atoms with Gasteiger partial charge >= 0.3 is 5.97 Å². The predicted octanol–water partition coefficient (Wildman–Crippen LogP) is 2.28. The zero-order valence-corrected chi connectivity index (χ0v) is 8.66. The molecule has 74 valence electrons. The van der Waals surface area contributed by atoms with E-state index in [1.807, 2.05) is 19.9 Å². The van der Waals surface area contributed by atoms with Crippen LogP contribution >= 0.6 is 0 Å². The molecule has 0 saturated heterocycles. The van der Waals surface area contributed by atoms with Crippen LogP contribution in [0.1, 0.15) is 34.1 Å². The molecule has 1 atom stereocenters. The van der Waals surface area contributed by atoms with Crippen molar-refractivity contribution in [1.82, 2.24) is 0 Å². The van der Waals surface area contributed by atoms with E-state index in [-0.39, 0.29) is 11.8 Å². The van der Waals surface area contributed by atoms with Gasteiger partial charge in [-0.05, 0) is 18.3 Å². The van der Waals surface area contributed by atoms with Crippen molar-refractivity contribution in [1.29, 1.82) is 5.26 Å². The van der Waals surface area contributed by atoms with Gasteiger partial charge in [-0.3, -0.25) is 4.79 Å². The molecule has 3 nitrogen and oxygen atoms in total. The highest BCUT2D eigenvalue weighted by molar-refractivity contribution is 5.78.